The van der Waals surface area contributed by atoms with Crippen LogP contribution in [0.25, 0.3) is 112 Å². The number of allylic oxidation sites excluding steroid dienone is 1. The second-order valence-electron chi connectivity index (χ2n) is 17.1. The van der Waals surface area contributed by atoms with Crippen LogP contribution < -0.4 is 0 Å². The predicted octanol–water partition coefficient (Wildman–Crippen LogP) is 14.8. The summed E-state index contributed by atoms with van der Waals surface area (Å²) in [6.07, 6.45) is 5.56. The van der Waals surface area contributed by atoms with Crippen molar-refractivity contribution in [1.82, 2.24) is 23.7 Å². The Labute approximate surface area is 370 Å². The summed E-state index contributed by atoms with van der Waals surface area (Å²) < 4.78 is 7.16. The summed E-state index contributed by atoms with van der Waals surface area (Å²) >= 11 is 0. The number of fused-ring (bicyclic) bond motifs is 9. The van der Waals surface area contributed by atoms with E-state index in [1.165, 1.54) is 71.4 Å². The molecule has 13 rings (SSSR count). The van der Waals surface area contributed by atoms with Crippen molar-refractivity contribution in [2.45, 2.75) is 13.3 Å². The zero-order valence-corrected chi connectivity index (χ0v) is 35.2. The molecule has 0 radical (unpaired) electrons. The second-order valence-corrected chi connectivity index (χ2v) is 17.1. The van der Waals surface area contributed by atoms with Crippen molar-refractivity contribution in [3.05, 3.63) is 218 Å². The maximum atomic E-state index is 5.31. The summed E-state index contributed by atoms with van der Waals surface area (Å²) in [4.78, 5) is 10.6. The van der Waals surface area contributed by atoms with E-state index < -0.39 is 0 Å². The third-order valence-electron chi connectivity index (χ3n) is 13.2. The lowest BCUT2D eigenvalue weighted by molar-refractivity contribution is 0.684. The van der Waals surface area contributed by atoms with Gasteiger partial charge in [-0.25, -0.2) is 9.97 Å². The van der Waals surface area contributed by atoms with Crippen LogP contribution in [0.1, 0.15) is 18.2 Å². The number of nitrogens with zero attached hydrogens (tertiary/aromatic N) is 5. The van der Waals surface area contributed by atoms with Crippen LogP contribution in [0.5, 0.6) is 0 Å². The first-order valence-corrected chi connectivity index (χ1v) is 22.1. The molecule has 12 aromatic rings. The van der Waals surface area contributed by atoms with Crippen LogP contribution in [0.15, 0.2) is 206 Å². The molecule has 0 saturated heterocycles. The number of benzene rings is 8. The highest BCUT2D eigenvalue weighted by Crippen LogP contribution is 2.42. The van der Waals surface area contributed by atoms with Crippen LogP contribution in [0.3, 0.4) is 0 Å². The third-order valence-corrected chi connectivity index (χ3v) is 13.2. The summed E-state index contributed by atoms with van der Waals surface area (Å²) in [5.41, 5.74) is 16.9. The van der Waals surface area contributed by atoms with Gasteiger partial charge in [0.25, 0.3) is 0 Å². The Morgan fingerprint density at radius 2 is 0.875 bits per heavy atom. The van der Waals surface area contributed by atoms with E-state index in [2.05, 4.69) is 233 Å². The van der Waals surface area contributed by atoms with Crippen LogP contribution in [0.2, 0.25) is 0 Å². The molecular weight excluding hydrogens is 779 g/mol. The zero-order chi connectivity index (χ0) is 42.3. The molecular formula is C59H41N5. The summed E-state index contributed by atoms with van der Waals surface area (Å²) in [6.45, 7) is 2.29. The van der Waals surface area contributed by atoms with Gasteiger partial charge in [0, 0.05) is 60.7 Å². The lowest BCUT2D eigenvalue weighted by Crippen LogP contribution is -2.11. The quantitative estimate of drug-likeness (QED) is 0.168. The van der Waals surface area contributed by atoms with Gasteiger partial charge in [-0.3, -0.25) is 4.57 Å². The minimum atomic E-state index is 0.387. The Kier molecular flexibility index (Phi) is 8.19. The fraction of sp³-hybridized carbons (Fsp3) is 0.0508. The van der Waals surface area contributed by atoms with Crippen molar-refractivity contribution in [3.8, 4) is 51.0 Å². The molecule has 1 unspecified atom stereocenters. The highest BCUT2D eigenvalue weighted by Gasteiger charge is 2.25. The van der Waals surface area contributed by atoms with E-state index in [4.69, 9.17) is 9.97 Å². The highest BCUT2D eigenvalue weighted by atomic mass is 15.2. The van der Waals surface area contributed by atoms with Crippen molar-refractivity contribution in [2.24, 2.45) is 5.92 Å². The van der Waals surface area contributed by atoms with E-state index in [0.717, 1.165) is 45.8 Å². The highest BCUT2D eigenvalue weighted by molar-refractivity contribution is 6.19. The molecule has 0 N–H and O–H groups in total. The maximum Gasteiger partial charge on any atom is 0.235 e. The standard InChI is InChI=1S/C59H41N5/c1-38-26-29-46-47-33-41(28-31-55(47)64(56(46)32-38)59-60-51(39-16-6-2-7-17-39)36-52(61-59)40-18-8-3-9-19-40)42-27-30-54-48(34-42)50-35-49-45-24-14-15-25-53(45)62(43-20-10-4-11-21-43)57(49)37-58(50)63(54)44-22-12-5-13-23-44/h2-31,33-38H,32H2,1H3. The van der Waals surface area contributed by atoms with Gasteiger partial charge in [0.2, 0.25) is 5.95 Å². The van der Waals surface area contributed by atoms with E-state index >= 15 is 0 Å². The minimum Gasteiger partial charge on any atom is -0.309 e. The van der Waals surface area contributed by atoms with E-state index in [-0.39, 0.29) is 0 Å². The molecule has 64 heavy (non-hydrogen) atoms. The SMILES string of the molecule is CC1C=Cc2c(n(-c3nc(-c4ccccc4)cc(-c4ccccc4)n3)c3ccc(-c4ccc5c(c4)c4cc6c7ccccc7n(-c7ccccc7)c6cc4n5-c4ccccc4)cc23)C1. The molecule has 0 fully saturated rings. The number of para-hydroxylation sites is 3. The van der Waals surface area contributed by atoms with Crippen molar-refractivity contribution >= 4 is 60.6 Å². The van der Waals surface area contributed by atoms with Crippen LogP contribution in [-0.4, -0.2) is 23.7 Å². The Hall–Kier alpha value is -8.28. The Morgan fingerprint density at radius 3 is 1.48 bits per heavy atom. The van der Waals surface area contributed by atoms with Crippen LogP contribution >= 0.6 is 0 Å². The number of hydrogen-bond donors (Lipinski definition) is 0. The summed E-state index contributed by atoms with van der Waals surface area (Å²) in [5, 5.41) is 6.15. The molecule has 4 heterocycles. The van der Waals surface area contributed by atoms with E-state index in [9.17, 15) is 0 Å². The van der Waals surface area contributed by atoms with Gasteiger partial charge in [-0.15, -0.1) is 0 Å². The average Bonchev–Trinajstić information content (AvgIpc) is 3.98. The molecule has 0 aliphatic heterocycles. The van der Waals surface area contributed by atoms with Crippen LogP contribution in [-0.2, 0) is 6.42 Å². The number of rotatable bonds is 6. The van der Waals surface area contributed by atoms with Gasteiger partial charge in [-0.2, -0.15) is 0 Å². The smallest absolute Gasteiger partial charge is 0.235 e. The third kappa shape index (κ3) is 5.71. The lowest BCUT2D eigenvalue weighted by Gasteiger charge is -2.17. The largest absolute Gasteiger partial charge is 0.309 e. The Bertz CT molecular complexity index is 3740. The predicted molar refractivity (Wildman–Crippen MR) is 266 cm³/mol. The van der Waals surface area contributed by atoms with Gasteiger partial charge in [-0.1, -0.05) is 146 Å². The van der Waals surface area contributed by atoms with Crippen molar-refractivity contribution in [3.63, 3.8) is 0 Å². The van der Waals surface area contributed by atoms with Crippen LogP contribution in [0, 0.1) is 5.92 Å². The molecule has 8 aromatic carbocycles. The van der Waals surface area contributed by atoms with Gasteiger partial charge in [0.15, 0.2) is 0 Å². The Balaban J connectivity index is 1.02. The first-order valence-electron chi connectivity index (χ1n) is 22.1. The molecule has 4 aromatic heterocycles. The van der Waals surface area contributed by atoms with E-state index in [0.29, 0.717) is 11.9 Å². The monoisotopic (exact) mass is 819 g/mol. The minimum absolute atomic E-state index is 0.387. The molecule has 0 bridgehead atoms. The fourth-order valence-electron chi connectivity index (χ4n) is 10.2. The van der Waals surface area contributed by atoms with Gasteiger partial charge >= 0.3 is 0 Å². The van der Waals surface area contributed by atoms with Crippen molar-refractivity contribution in [2.75, 3.05) is 0 Å². The van der Waals surface area contributed by atoms with E-state index in [1.54, 1.807) is 0 Å². The van der Waals surface area contributed by atoms with E-state index in [1.807, 2.05) is 0 Å². The summed E-state index contributed by atoms with van der Waals surface area (Å²) in [6, 6.07) is 72.1. The molecule has 5 heteroatoms. The van der Waals surface area contributed by atoms with Gasteiger partial charge < -0.3 is 9.13 Å². The first kappa shape index (κ1) is 36.4. The van der Waals surface area contributed by atoms with Gasteiger partial charge in [-0.05, 0) is 96.3 Å². The molecule has 0 amide bonds. The lowest BCUT2D eigenvalue weighted by atomic mass is 9.94. The molecule has 5 nitrogen and oxygen atoms in total. The maximum absolute atomic E-state index is 5.31. The first-order chi connectivity index (χ1) is 31.6. The molecule has 1 aliphatic rings. The molecule has 0 spiro atoms. The molecule has 302 valence electrons. The second kappa shape index (κ2) is 14.4. The van der Waals surface area contributed by atoms with Gasteiger partial charge in [0.05, 0.1) is 39.0 Å². The number of hydrogen-bond acceptors (Lipinski definition) is 2. The van der Waals surface area contributed by atoms with Gasteiger partial charge in [0.1, 0.15) is 0 Å². The molecule has 0 saturated carbocycles. The average molecular weight is 820 g/mol. The number of aromatic nitrogens is 5. The molecule has 1 aliphatic carbocycles. The van der Waals surface area contributed by atoms with Crippen molar-refractivity contribution < 1.29 is 0 Å². The van der Waals surface area contributed by atoms with Crippen LogP contribution in [0.4, 0.5) is 0 Å². The van der Waals surface area contributed by atoms with Crippen molar-refractivity contribution in [1.29, 1.82) is 0 Å². The summed E-state index contributed by atoms with van der Waals surface area (Å²) in [7, 11) is 0. The topological polar surface area (TPSA) is 40.6 Å². The molecule has 1 atom stereocenters. The zero-order valence-electron chi connectivity index (χ0n) is 35.2. The normalized spacial score (nSPS) is 13.7. The summed E-state index contributed by atoms with van der Waals surface area (Å²) in [5.74, 6) is 1.08. The Morgan fingerprint density at radius 1 is 0.391 bits per heavy atom. The fourth-order valence-corrected chi connectivity index (χ4v) is 10.2.